The topological polar surface area (TPSA) is 75.4 Å². The molecule has 0 saturated carbocycles. The van der Waals surface area contributed by atoms with E-state index in [0.29, 0.717) is 0 Å². The number of anilines is 1. The van der Waals surface area contributed by atoms with Gasteiger partial charge in [0.25, 0.3) is 5.69 Å². The number of alkyl halides is 3. The Labute approximate surface area is 104 Å². The molecule has 0 aliphatic heterocycles. The number of hydrogen-bond donors (Lipinski definition) is 2. The Morgan fingerprint density at radius 1 is 1.50 bits per heavy atom. The molecule has 1 unspecified atom stereocenters. The molecule has 18 heavy (non-hydrogen) atoms. The van der Waals surface area contributed by atoms with Gasteiger partial charge in [-0.2, -0.15) is 13.2 Å². The van der Waals surface area contributed by atoms with Crippen LogP contribution >= 0.6 is 11.6 Å². The van der Waals surface area contributed by atoms with Gasteiger partial charge in [0.05, 0.1) is 4.92 Å². The van der Waals surface area contributed by atoms with Crippen molar-refractivity contribution in [1.82, 2.24) is 0 Å². The normalized spacial score (nSPS) is 13.2. The number of rotatable bonds is 4. The minimum Gasteiger partial charge on any atom is -0.382 e. The molecule has 0 aromatic heterocycles. The van der Waals surface area contributed by atoms with Crippen LogP contribution in [0.3, 0.4) is 0 Å². The molecule has 0 radical (unpaired) electrons. The molecule has 100 valence electrons. The fraction of sp³-hybridized carbons (Fsp3) is 0.333. The molecule has 0 aliphatic carbocycles. The number of halogens is 4. The Hall–Kier alpha value is -1.54. The first-order valence-corrected chi connectivity index (χ1v) is 5.02. The number of aliphatic hydroxyl groups is 1. The lowest BCUT2D eigenvalue weighted by Crippen LogP contribution is -2.35. The van der Waals surface area contributed by atoms with Gasteiger partial charge in [-0.25, -0.2) is 0 Å². The van der Waals surface area contributed by atoms with E-state index in [0.717, 1.165) is 6.07 Å². The number of hydrogen-bond acceptors (Lipinski definition) is 4. The van der Waals surface area contributed by atoms with Crippen molar-refractivity contribution in [3.63, 3.8) is 0 Å². The smallest absolute Gasteiger partial charge is 0.382 e. The molecular formula is C9H8ClF3N2O3. The third-order valence-corrected chi connectivity index (χ3v) is 2.26. The van der Waals surface area contributed by atoms with Crippen molar-refractivity contribution in [2.24, 2.45) is 0 Å². The first-order chi connectivity index (χ1) is 8.21. The fourth-order valence-electron chi connectivity index (χ4n) is 1.13. The Morgan fingerprint density at radius 2 is 2.11 bits per heavy atom. The molecule has 5 nitrogen and oxygen atoms in total. The van der Waals surface area contributed by atoms with E-state index in [-0.39, 0.29) is 10.7 Å². The largest absolute Gasteiger partial charge is 0.416 e. The Balaban J connectivity index is 2.82. The van der Waals surface area contributed by atoms with E-state index in [1.165, 1.54) is 12.1 Å². The molecule has 0 heterocycles. The highest BCUT2D eigenvalue weighted by molar-refractivity contribution is 6.30. The second-order valence-electron chi connectivity index (χ2n) is 3.36. The van der Waals surface area contributed by atoms with E-state index < -0.39 is 29.4 Å². The zero-order chi connectivity index (χ0) is 13.9. The fourth-order valence-corrected chi connectivity index (χ4v) is 1.29. The SMILES string of the molecule is O=[N+]([O-])c1cc(Cl)ccc1NCC(O)C(F)(F)F. The van der Waals surface area contributed by atoms with Crippen LogP contribution in [0.25, 0.3) is 0 Å². The molecule has 0 aliphatic rings. The van der Waals surface area contributed by atoms with Gasteiger partial charge in [-0.1, -0.05) is 11.6 Å². The second-order valence-corrected chi connectivity index (χ2v) is 3.79. The highest BCUT2D eigenvalue weighted by Gasteiger charge is 2.38. The van der Waals surface area contributed by atoms with Crippen LogP contribution in [-0.4, -0.2) is 28.9 Å². The highest BCUT2D eigenvalue weighted by Crippen LogP contribution is 2.28. The molecule has 0 fully saturated rings. The van der Waals surface area contributed by atoms with Gasteiger partial charge < -0.3 is 10.4 Å². The van der Waals surface area contributed by atoms with Crippen LogP contribution in [0.5, 0.6) is 0 Å². The van der Waals surface area contributed by atoms with Gasteiger partial charge in [0, 0.05) is 17.6 Å². The van der Waals surface area contributed by atoms with Gasteiger partial charge in [0.15, 0.2) is 6.10 Å². The minimum absolute atomic E-state index is 0.0867. The van der Waals surface area contributed by atoms with E-state index in [9.17, 15) is 23.3 Å². The predicted molar refractivity (Wildman–Crippen MR) is 58.7 cm³/mol. The van der Waals surface area contributed by atoms with Crippen molar-refractivity contribution in [1.29, 1.82) is 0 Å². The van der Waals surface area contributed by atoms with E-state index >= 15 is 0 Å². The molecule has 0 bridgehead atoms. The third-order valence-electron chi connectivity index (χ3n) is 2.02. The predicted octanol–water partition coefficient (Wildman–Crippen LogP) is 2.58. The number of aliphatic hydroxyl groups excluding tert-OH is 1. The van der Waals surface area contributed by atoms with Crippen molar-refractivity contribution in [3.05, 3.63) is 33.3 Å². The van der Waals surface area contributed by atoms with Crippen molar-refractivity contribution in [2.75, 3.05) is 11.9 Å². The molecular weight excluding hydrogens is 277 g/mol. The summed E-state index contributed by atoms with van der Waals surface area (Å²) in [6.07, 6.45) is -7.39. The first-order valence-electron chi connectivity index (χ1n) is 4.64. The van der Waals surface area contributed by atoms with Crippen LogP contribution in [0, 0.1) is 10.1 Å². The van der Waals surface area contributed by atoms with Crippen LogP contribution in [0.15, 0.2) is 18.2 Å². The maximum atomic E-state index is 12.0. The molecule has 1 aromatic rings. The average Bonchev–Trinajstić information content (AvgIpc) is 2.25. The van der Waals surface area contributed by atoms with Gasteiger partial charge in [0.1, 0.15) is 5.69 Å². The van der Waals surface area contributed by atoms with Crippen molar-refractivity contribution in [2.45, 2.75) is 12.3 Å². The maximum absolute atomic E-state index is 12.0. The summed E-state index contributed by atoms with van der Waals surface area (Å²) in [5.41, 5.74) is -0.607. The molecule has 0 saturated heterocycles. The van der Waals surface area contributed by atoms with Crippen molar-refractivity contribution >= 4 is 23.0 Å². The zero-order valence-corrected chi connectivity index (χ0v) is 9.50. The summed E-state index contributed by atoms with van der Waals surface area (Å²) in [4.78, 5) is 9.85. The van der Waals surface area contributed by atoms with Crippen LogP contribution in [0.2, 0.25) is 5.02 Å². The summed E-state index contributed by atoms with van der Waals surface area (Å²) < 4.78 is 36.1. The summed E-state index contributed by atoms with van der Waals surface area (Å²) in [7, 11) is 0. The van der Waals surface area contributed by atoms with E-state index in [2.05, 4.69) is 5.32 Å². The molecule has 0 amide bonds. The molecule has 1 atom stereocenters. The maximum Gasteiger partial charge on any atom is 0.416 e. The third kappa shape index (κ3) is 3.74. The van der Waals surface area contributed by atoms with Gasteiger partial charge >= 0.3 is 6.18 Å². The molecule has 1 aromatic carbocycles. The highest BCUT2D eigenvalue weighted by atomic mass is 35.5. The first kappa shape index (κ1) is 14.5. The molecule has 0 spiro atoms. The lowest BCUT2D eigenvalue weighted by atomic mass is 10.2. The summed E-state index contributed by atoms with van der Waals surface area (Å²) >= 11 is 5.53. The van der Waals surface area contributed by atoms with Crippen LogP contribution in [0.1, 0.15) is 0 Å². The van der Waals surface area contributed by atoms with Crippen LogP contribution < -0.4 is 5.32 Å². The summed E-state index contributed by atoms with van der Waals surface area (Å²) in [5.74, 6) is 0. The number of nitro benzene ring substituents is 1. The average molecular weight is 285 g/mol. The van der Waals surface area contributed by atoms with Gasteiger partial charge in [0.2, 0.25) is 0 Å². The number of nitrogens with one attached hydrogen (secondary N) is 1. The number of nitro groups is 1. The Morgan fingerprint density at radius 3 is 2.61 bits per heavy atom. The molecule has 1 rings (SSSR count). The zero-order valence-electron chi connectivity index (χ0n) is 8.74. The lowest BCUT2D eigenvalue weighted by Gasteiger charge is -2.15. The quantitative estimate of drug-likeness (QED) is 0.658. The van der Waals surface area contributed by atoms with E-state index in [4.69, 9.17) is 16.7 Å². The van der Waals surface area contributed by atoms with Crippen molar-refractivity contribution < 1.29 is 23.2 Å². The monoisotopic (exact) mass is 284 g/mol. The van der Waals surface area contributed by atoms with Crippen molar-refractivity contribution in [3.8, 4) is 0 Å². The summed E-state index contributed by atoms with van der Waals surface area (Å²) in [6, 6.07) is 3.46. The molecule has 2 N–H and O–H groups in total. The summed E-state index contributed by atoms with van der Waals surface area (Å²) in [6.45, 7) is -0.883. The van der Waals surface area contributed by atoms with E-state index in [1.54, 1.807) is 0 Å². The van der Waals surface area contributed by atoms with Gasteiger partial charge in [-0.3, -0.25) is 10.1 Å². The van der Waals surface area contributed by atoms with E-state index in [1.807, 2.05) is 0 Å². The summed E-state index contributed by atoms with van der Waals surface area (Å²) in [5, 5.41) is 21.6. The standard InChI is InChI=1S/C9H8ClF3N2O3/c10-5-1-2-6(7(3-5)15(17)18)14-4-8(16)9(11,12)13/h1-3,8,14,16H,4H2. The Bertz CT molecular complexity index is 453. The molecule has 9 heteroatoms. The van der Waals surface area contributed by atoms with Gasteiger partial charge in [-0.15, -0.1) is 0 Å². The van der Waals surface area contributed by atoms with Gasteiger partial charge in [-0.05, 0) is 12.1 Å². The Kier molecular flexibility index (Phi) is 4.36. The van der Waals surface area contributed by atoms with Crippen LogP contribution in [0.4, 0.5) is 24.5 Å². The number of benzene rings is 1. The van der Waals surface area contributed by atoms with Crippen LogP contribution in [-0.2, 0) is 0 Å². The second kappa shape index (κ2) is 5.40. The number of nitrogens with zero attached hydrogens (tertiary/aromatic N) is 1. The minimum atomic E-state index is -4.78. The lowest BCUT2D eigenvalue weighted by molar-refractivity contribution is -0.384.